The molecule has 0 bridgehead atoms. The maximum absolute atomic E-state index is 11.2. The van der Waals surface area contributed by atoms with Crippen LogP contribution in [0.4, 0.5) is 0 Å². The van der Waals surface area contributed by atoms with Gasteiger partial charge in [0.05, 0.1) is 5.92 Å². The van der Waals surface area contributed by atoms with E-state index in [4.69, 9.17) is 16.1 Å². The number of aromatic nitrogens is 2. The number of carbonyl (C=O) groups is 1. The summed E-state index contributed by atoms with van der Waals surface area (Å²) in [5.41, 5.74) is 1.00. The molecule has 1 aromatic carbocycles. The molecule has 1 unspecified atom stereocenters. The first kappa shape index (κ1) is 12.8. The van der Waals surface area contributed by atoms with Crippen molar-refractivity contribution in [1.82, 2.24) is 10.1 Å². The van der Waals surface area contributed by atoms with Crippen molar-refractivity contribution < 1.29 is 9.32 Å². The molecule has 0 N–H and O–H groups in total. The smallest absolute Gasteiger partial charge is 0.236 e. The van der Waals surface area contributed by atoms with Gasteiger partial charge in [0, 0.05) is 11.4 Å². The first-order valence-corrected chi connectivity index (χ1v) is 6.01. The summed E-state index contributed by atoms with van der Waals surface area (Å²) in [4.78, 5) is 15.4. The molecule has 0 spiro atoms. The van der Waals surface area contributed by atoms with Crippen molar-refractivity contribution in [2.45, 2.75) is 26.2 Å². The third-order valence-electron chi connectivity index (χ3n) is 2.72. The number of ketones is 1. The van der Waals surface area contributed by atoms with Gasteiger partial charge in [0.15, 0.2) is 5.82 Å². The summed E-state index contributed by atoms with van der Waals surface area (Å²) in [6, 6.07) is 7.48. The molecule has 4 nitrogen and oxygen atoms in total. The molecular formula is C13H13ClN2O2. The van der Waals surface area contributed by atoms with E-state index in [0.717, 1.165) is 5.56 Å². The highest BCUT2D eigenvalue weighted by Gasteiger charge is 2.18. The van der Waals surface area contributed by atoms with Crippen molar-refractivity contribution in [3.8, 4) is 0 Å². The number of hydrogen-bond acceptors (Lipinski definition) is 4. The van der Waals surface area contributed by atoms with Gasteiger partial charge in [0.2, 0.25) is 5.89 Å². The Morgan fingerprint density at radius 1 is 1.50 bits per heavy atom. The summed E-state index contributed by atoms with van der Waals surface area (Å²) in [7, 11) is 0. The van der Waals surface area contributed by atoms with E-state index in [1.54, 1.807) is 6.92 Å². The predicted octanol–water partition coefficient (Wildman–Crippen LogP) is 3.01. The molecule has 0 aliphatic rings. The Bertz CT molecular complexity index is 566. The fourth-order valence-corrected chi connectivity index (χ4v) is 1.73. The van der Waals surface area contributed by atoms with Gasteiger partial charge in [-0.05, 0) is 31.5 Å². The van der Waals surface area contributed by atoms with Crippen molar-refractivity contribution in [3.63, 3.8) is 0 Å². The maximum Gasteiger partial charge on any atom is 0.236 e. The van der Waals surface area contributed by atoms with E-state index in [2.05, 4.69) is 10.1 Å². The Balaban J connectivity index is 2.14. The highest BCUT2D eigenvalue weighted by molar-refractivity contribution is 6.30. The lowest BCUT2D eigenvalue weighted by atomic mass is 10.1. The van der Waals surface area contributed by atoms with Gasteiger partial charge in [-0.25, -0.2) is 0 Å². The van der Waals surface area contributed by atoms with Crippen molar-refractivity contribution >= 4 is 17.4 Å². The Morgan fingerprint density at radius 3 is 2.94 bits per heavy atom. The van der Waals surface area contributed by atoms with Crippen molar-refractivity contribution in [2.24, 2.45) is 0 Å². The van der Waals surface area contributed by atoms with Crippen LogP contribution >= 0.6 is 11.6 Å². The molecule has 0 amide bonds. The van der Waals surface area contributed by atoms with Gasteiger partial charge in [0.1, 0.15) is 5.78 Å². The second-order valence-corrected chi connectivity index (χ2v) is 4.62. The fraction of sp³-hybridized carbons (Fsp3) is 0.308. The molecule has 5 heteroatoms. The van der Waals surface area contributed by atoms with E-state index < -0.39 is 0 Å². The van der Waals surface area contributed by atoms with Crippen LogP contribution in [0.2, 0.25) is 5.02 Å². The first-order chi connectivity index (χ1) is 8.56. The zero-order chi connectivity index (χ0) is 13.1. The monoisotopic (exact) mass is 264 g/mol. The zero-order valence-corrected chi connectivity index (χ0v) is 10.9. The average Bonchev–Trinajstić information content (AvgIpc) is 2.76. The highest BCUT2D eigenvalue weighted by Crippen LogP contribution is 2.16. The molecule has 0 aliphatic carbocycles. The summed E-state index contributed by atoms with van der Waals surface area (Å²) >= 11 is 5.90. The Morgan fingerprint density at radius 2 is 2.28 bits per heavy atom. The molecule has 1 heterocycles. The van der Waals surface area contributed by atoms with Crippen molar-refractivity contribution in [3.05, 3.63) is 46.6 Å². The van der Waals surface area contributed by atoms with Crippen molar-refractivity contribution in [2.75, 3.05) is 0 Å². The Labute approximate surface area is 110 Å². The Hall–Kier alpha value is -1.68. The standard InChI is InChI=1S/C13H13ClN2O2/c1-8(9(2)17)13-15-12(16-18-13)7-10-4-3-5-11(14)6-10/h3-6,8H,7H2,1-2H3. The first-order valence-electron chi connectivity index (χ1n) is 5.63. The van der Waals surface area contributed by atoms with Gasteiger partial charge >= 0.3 is 0 Å². The molecule has 0 saturated carbocycles. The second kappa shape index (κ2) is 5.31. The van der Waals surface area contributed by atoms with Crippen LogP contribution in [-0.2, 0) is 11.2 Å². The van der Waals surface area contributed by atoms with Gasteiger partial charge in [-0.2, -0.15) is 4.98 Å². The molecule has 0 radical (unpaired) electrons. The van der Waals surface area contributed by atoms with E-state index in [9.17, 15) is 4.79 Å². The minimum atomic E-state index is -0.356. The van der Waals surface area contributed by atoms with Crippen LogP contribution in [0.25, 0.3) is 0 Å². The normalized spacial score (nSPS) is 12.4. The summed E-state index contributed by atoms with van der Waals surface area (Å²) in [5.74, 6) is 0.568. The number of benzene rings is 1. The summed E-state index contributed by atoms with van der Waals surface area (Å²) < 4.78 is 5.08. The molecule has 2 rings (SSSR count). The topological polar surface area (TPSA) is 56.0 Å². The van der Waals surface area contributed by atoms with Crippen LogP contribution in [0.15, 0.2) is 28.8 Å². The number of hydrogen-bond donors (Lipinski definition) is 0. The minimum Gasteiger partial charge on any atom is -0.339 e. The van der Waals surface area contributed by atoms with Crippen LogP contribution in [0.3, 0.4) is 0 Å². The SMILES string of the molecule is CC(=O)C(C)c1nc(Cc2cccc(Cl)c2)no1. The lowest BCUT2D eigenvalue weighted by molar-refractivity contribution is -0.118. The number of nitrogens with zero attached hydrogens (tertiary/aromatic N) is 2. The van der Waals surface area contributed by atoms with Crippen LogP contribution < -0.4 is 0 Å². The molecule has 1 atom stereocenters. The van der Waals surface area contributed by atoms with Gasteiger partial charge in [-0.3, -0.25) is 4.79 Å². The molecule has 0 aliphatic heterocycles. The largest absolute Gasteiger partial charge is 0.339 e. The fourth-order valence-electron chi connectivity index (χ4n) is 1.52. The molecule has 0 fully saturated rings. The lowest BCUT2D eigenvalue weighted by Crippen LogP contribution is -2.04. The Kier molecular flexibility index (Phi) is 3.77. The number of rotatable bonds is 4. The van der Waals surface area contributed by atoms with Gasteiger partial charge < -0.3 is 4.52 Å². The van der Waals surface area contributed by atoms with Gasteiger partial charge in [-0.1, -0.05) is 28.9 Å². The minimum absolute atomic E-state index is 0.00737. The maximum atomic E-state index is 11.2. The molecule has 94 valence electrons. The summed E-state index contributed by atoms with van der Waals surface area (Å²) in [5, 5.41) is 4.54. The van der Waals surface area contributed by atoms with E-state index in [1.807, 2.05) is 24.3 Å². The van der Waals surface area contributed by atoms with E-state index in [1.165, 1.54) is 6.92 Å². The van der Waals surface area contributed by atoms with Crippen LogP contribution in [-0.4, -0.2) is 15.9 Å². The molecule has 0 saturated heterocycles. The van der Waals surface area contributed by atoms with Crippen molar-refractivity contribution in [1.29, 1.82) is 0 Å². The molecule has 1 aromatic heterocycles. The zero-order valence-electron chi connectivity index (χ0n) is 10.2. The van der Waals surface area contributed by atoms with Gasteiger partial charge in [0.25, 0.3) is 0 Å². The quantitative estimate of drug-likeness (QED) is 0.852. The predicted molar refractivity (Wildman–Crippen MR) is 67.7 cm³/mol. The van der Waals surface area contributed by atoms with Gasteiger partial charge in [-0.15, -0.1) is 0 Å². The molecule has 18 heavy (non-hydrogen) atoms. The van der Waals surface area contributed by atoms with Crippen LogP contribution in [0.1, 0.15) is 37.0 Å². The second-order valence-electron chi connectivity index (χ2n) is 4.19. The number of halogens is 1. The third kappa shape index (κ3) is 2.96. The van der Waals surface area contributed by atoms with Crippen LogP contribution in [0.5, 0.6) is 0 Å². The number of carbonyl (C=O) groups excluding carboxylic acids is 1. The van der Waals surface area contributed by atoms with Crippen LogP contribution in [0, 0.1) is 0 Å². The number of Topliss-reactive ketones (excluding diaryl/α,β-unsaturated/α-hetero) is 1. The summed E-state index contributed by atoms with van der Waals surface area (Å²) in [6.45, 7) is 3.25. The lowest BCUT2D eigenvalue weighted by Gasteiger charge is -1.98. The van der Waals surface area contributed by atoms with E-state index in [0.29, 0.717) is 23.2 Å². The summed E-state index contributed by atoms with van der Waals surface area (Å²) in [6.07, 6.45) is 0.536. The van der Waals surface area contributed by atoms with E-state index in [-0.39, 0.29) is 11.7 Å². The molecular weight excluding hydrogens is 252 g/mol. The molecule has 2 aromatic rings. The highest BCUT2D eigenvalue weighted by atomic mass is 35.5. The van der Waals surface area contributed by atoms with E-state index >= 15 is 0 Å². The average molecular weight is 265 g/mol. The third-order valence-corrected chi connectivity index (χ3v) is 2.95.